The minimum absolute atomic E-state index is 0.212. The normalized spacial score (nSPS) is 11.9. The lowest BCUT2D eigenvalue weighted by molar-refractivity contribution is -0.119. The van der Waals surface area contributed by atoms with Gasteiger partial charge in [0.2, 0.25) is 5.91 Å². The Kier molecular flexibility index (Phi) is 3.97. The zero-order chi connectivity index (χ0) is 11.3. The van der Waals surface area contributed by atoms with Crippen molar-refractivity contribution in [2.24, 2.45) is 5.73 Å². The van der Waals surface area contributed by atoms with Crippen LogP contribution in [0.2, 0.25) is 0 Å². The Bertz CT molecular complexity index is 321. The van der Waals surface area contributed by atoms with E-state index in [1.54, 1.807) is 38.3 Å². The molecule has 0 heterocycles. The Labute approximate surface area is 89.0 Å². The van der Waals surface area contributed by atoms with Gasteiger partial charge < -0.3 is 15.2 Å². The van der Waals surface area contributed by atoms with Crippen molar-refractivity contribution in [3.05, 3.63) is 24.3 Å². The summed E-state index contributed by atoms with van der Waals surface area (Å²) in [5.74, 6) is 1.10. The summed E-state index contributed by atoms with van der Waals surface area (Å²) in [7, 11) is 1.60. The molecule has 1 rings (SSSR count). The van der Waals surface area contributed by atoms with Gasteiger partial charge in [-0.3, -0.25) is 4.79 Å². The number of nitrogens with two attached hydrogens (primary N) is 1. The lowest BCUT2D eigenvalue weighted by Gasteiger charge is -2.13. The Morgan fingerprint density at radius 2 is 1.87 bits per heavy atom. The quantitative estimate of drug-likeness (QED) is 0.796. The number of benzene rings is 1. The number of hydrogen-bond donors (Lipinski definition) is 1. The first-order valence-corrected chi connectivity index (χ1v) is 4.71. The van der Waals surface area contributed by atoms with Crippen molar-refractivity contribution in [1.82, 2.24) is 0 Å². The van der Waals surface area contributed by atoms with Crippen LogP contribution in [0.1, 0.15) is 13.3 Å². The molecule has 0 saturated carbocycles. The molecule has 4 heteroatoms. The van der Waals surface area contributed by atoms with Crippen molar-refractivity contribution in [2.75, 3.05) is 7.11 Å². The van der Waals surface area contributed by atoms with Crippen molar-refractivity contribution in [1.29, 1.82) is 0 Å². The molecule has 2 N–H and O–H groups in total. The molecule has 0 bridgehead atoms. The van der Waals surface area contributed by atoms with Crippen LogP contribution in [0.25, 0.3) is 0 Å². The highest BCUT2D eigenvalue weighted by Crippen LogP contribution is 2.18. The maximum Gasteiger partial charge on any atom is 0.221 e. The molecule has 4 nitrogen and oxygen atoms in total. The third-order valence-corrected chi connectivity index (χ3v) is 1.89. The largest absolute Gasteiger partial charge is 0.497 e. The summed E-state index contributed by atoms with van der Waals surface area (Å²) < 4.78 is 10.5. The van der Waals surface area contributed by atoms with E-state index in [1.807, 2.05) is 0 Å². The average Bonchev–Trinajstić information content (AvgIpc) is 2.17. The molecule has 1 unspecified atom stereocenters. The Morgan fingerprint density at radius 1 is 1.33 bits per heavy atom. The fourth-order valence-corrected chi connectivity index (χ4v) is 1.21. The number of rotatable bonds is 5. The van der Waals surface area contributed by atoms with Crippen LogP contribution in [0.3, 0.4) is 0 Å². The van der Waals surface area contributed by atoms with Crippen molar-refractivity contribution >= 4 is 5.91 Å². The van der Waals surface area contributed by atoms with E-state index in [1.165, 1.54) is 0 Å². The van der Waals surface area contributed by atoms with Gasteiger partial charge in [0.25, 0.3) is 0 Å². The van der Waals surface area contributed by atoms with E-state index >= 15 is 0 Å². The van der Waals surface area contributed by atoms with Crippen LogP contribution in [0.4, 0.5) is 0 Å². The van der Waals surface area contributed by atoms with Gasteiger partial charge in [-0.25, -0.2) is 0 Å². The summed E-state index contributed by atoms with van der Waals surface area (Å²) in [4.78, 5) is 10.6. The SMILES string of the molecule is COc1ccc(OC(C)CC(N)=O)cc1. The predicted molar refractivity (Wildman–Crippen MR) is 56.9 cm³/mol. The summed E-state index contributed by atoms with van der Waals surface area (Å²) in [6, 6.07) is 7.17. The number of carbonyl (C=O) groups excluding carboxylic acids is 1. The van der Waals surface area contributed by atoms with E-state index in [-0.39, 0.29) is 18.4 Å². The monoisotopic (exact) mass is 209 g/mol. The molecule has 1 amide bonds. The Balaban J connectivity index is 2.53. The van der Waals surface area contributed by atoms with Gasteiger partial charge >= 0.3 is 0 Å². The lowest BCUT2D eigenvalue weighted by Crippen LogP contribution is -2.22. The van der Waals surface area contributed by atoms with Crippen LogP contribution in [0.5, 0.6) is 11.5 Å². The molecule has 1 aromatic rings. The molecular weight excluding hydrogens is 194 g/mol. The summed E-state index contributed by atoms with van der Waals surface area (Å²) in [5.41, 5.74) is 5.05. The molecule has 0 spiro atoms. The zero-order valence-corrected chi connectivity index (χ0v) is 8.90. The molecule has 0 fully saturated rings. The standard InChI is InChI=1S/C11H15NO3/c1-8(7-11(12)13)15-10-5-3-9(14-2)4-6-10/h3-6,8H,7H2,1-2H3,(H2,12,13). The molecule has 0 aliphatic carbocycles. The lowest BCUT2D eigenvalue weighted by atomic mass is 10.2. The van der Waals surface area contributed by atoms with Gasteiger partial charge in [-0.1, -0.05) is 0 Å². The van der Waals surface area contributed by atoms with Gasteiger partial charge in [0, 0.05) is 0 Å². The topological polar surface area (TPSA) is 61.6 Å². The predicted octanol–water partition coefficient (Wildman–Crippen LogP) is 1.34. The molecule has 15 heavy (non-hydrogen) atoms. The van der Waals surface area contributed by atoms with Crippen molar-refractivity contribution < 1.29 is 14.3 Å². The highest BCUT2D eigenvalue weighted by Gasteiger charge is 2.07. The summed E-state index contributed by atoms with van der Waals surface area (Å²) >= 11 is 0. The minimum atomic E-state index is -0.365. The number of amides is 1. The van der Waals surface area contributed by atoms with E-state index in [4.69, 9.17) is 15.2 Å². The van der Waals surface area contributed by atoms with Crippen molar-refractivity contribution in [2.45, 2.75) is 19.4 Å². The first-order valence-electron chi connectivity index (χ1n) is 4.71. The molecular formula is C11H15NO3. The van der Waals surface area contributed by atoms with E-state index in [2.05, 4.69) is 0 Å². The molecule has 0 saturated heterocycles. The fraction of sp³-hybridized carbons (Fsp3) is 0.364. The van der Waals surface area contributed by atoms with Gasteiger partial charge in [-0.2, -0.15) is 0 Å². The van der Waals surface area contributed by atoms with E-state index in [0.717, 1.165) is 5.75 Å². The van der Waals surface area contributed by atoms with Gasteiger partial charge in [-0.05, 0) is 31.2 Å². The maximum atomic E-state index is 10.6. The summed E-state index contributed by atoms with van der Waals surface area (Å²) in [5, 5.41) is 0. The second-order valence-corrected chi connectivity index (χ2v) is 3.27. The third kappa shape index (κ3) is 3.89. The highest BCUT2D eigenvalue weighted by molar-refractivity contribution is 5.74. The summed E-state index contributed by atoms with van der Waals surface area (Å²) in [6.07, 6.45) is 0.00218. The van der Waals surface area contributed by atoms with Crippen LogP contribution in [0.15, 0.2) is 24.3 Å². The molecule has 0 radical (unpaired) electrons. The van der Waals surface area contributed by atoms with E-state index in [9.17, 15) is 4.79 Å². The van der Waals surface area contributed by atoms with Crippen LogP contribution < -0.4 is 15.2 Å². The molecule has 0 aliphatic heterocycles. The van der Waals surface area contributed by atoms with Crippen LogP contribution in [-0.4, -0.2) is 19.1 Å². The second-order valence-electron chi connectivity index (χ2n) is 3.27. The number of primary amides is 1. The number of hydrogen-bond acceptors (Lipinski definition) is 3. The third-order valence-electron chi connectivity index (χ3n) is 1.89. The van der Waals surface area contributed by atoms with Gasteiger partial charge in [0.1, 0.15) is 17.6 Å². The van der Waals surface area contributed by atoms with Crippen LogP contribution in [0, 0.1) is 0 Å². The number of methoxy groups -OCH3 is 1. The molecule has 0 aromatic heterocycles. The molecule has 1 aromatic carbocycles. The molecule has 1 atom stereocenters. The zero-order valence-electron chi connectivity index (χ0n) is 8.90. The van der Waals surface area contributed by atoms with Crippen LogP contribution >= 0.6 is 0 Å². The van der Waals surface area contributed by atoms with Crippen LogP contribution in [-0.2, 0) is 4.79 Å². The van der Waals surface area contributed by atoms with Gasteiger partial charge in [-0.15, -0.1) is 0 Å². The smallest absolute Gasteiger partial charge is 0.221 e. The minimum Gasteiger partial charge on any atom is -0.497 e. The first kappa shape index (κ1) is 11.4. The number of ether oxygens (including phenoxy) is 2. The average molecular weight is 209 g/mol. The second kappa shape index (κ2) is 5.24. The van der Waals surface area contributed by atoms with E-state index < -0.39 is 0 Å². The fourth-order valence-electron chi connectivity index (χ4n) is 1.21. The maximum absolute atomic E-state index is 10.6. The highest BCUT2D eigenvalue weighted by atomic mass is 16.5. The summed E-state index contributed by atoms with van der Waals surface area (Å²) in [6.45, 7) is 1.80. The van der Waals surface area contributed by atoms with Gasteiger partial charge in [0.05, 0.1) is 13.5 Å². The van der Waals surface area contributed by atoms with E-state index in [0.29, 0.717) is 5.75 Å². The van der Waals surface area contributed by atoms with Gasteiger partial charge in [0.15, 0.2) is 0 Å². The number of carbonyl (C=O) groups is 1. The molecule has 82 valence electrons. The van der Waals surface area contributed by atoms with Crippen molar-refractivity contribution in [3.8, 4) is 11.5 Å². The Morgan fingerprint density at radius 3 is 2.33 bits per heavy atom. The van der Waals surface area contributed by atoms with Crippen molar-refractivity contribution in [3.63, 3.8) is 0 Å². The Hall–Kier alpha value is -1.71. The molecule has 0 aliphatic rings. The first-order chi connectivity index (χ1) is 7.11.